The number of hydrogen-bond donors (Lipinski definition) is 2. The van der Waals surface area contributed by atoms with E-state index in [1.54, 1.807) is 6.07 Å². The minimum atomic E-state index is -0.315. The average molecular weight is 338 g/mol. The van der Waals surface area contributed by atoms with Crippen LogP contribution in [0.2, 0.25) is 10.0 Å². The fourth-order valence-electron chi connectivity index (χ4n) is 1.94. The lowest BCUT2D eigenvalue weighted by Gasteiger charge is -2.08. The molecule has 0 aliphatic heterocycles. The Kier molecular flexibility index (Phi) is 3.76. The van der Waals surface area contributed by atoms with Crippen LogP contribution in [-0.2, 0) is 0 Å². The fraction of sp³-hybridized carbons (Fsp3) is 0. The minimum Gasteiger partial charge on any atom is -0.504 e. The summed E-state index contributed by atoms with van der Waals surface area (Å²) < 4.78 is 1.02. The van der Waals surface area contributed by atoms with Crippen LogP contribution in [0, 0.1) is 0 Å². The Morgan fingerprint density at radius 1 is 1.14 bits per heavy atom. The van der Waals surface area contributed by atoms with E-state index in [4.69, 9.17) is 23.2 Å². The predicted molar refractivity (Wildman–Crippen MR) is 87.9 cm³/mol. The summed E-state index contributed by atoms with van der Waals surface area (Å²) in [5.41, 5.74) is 0.190. The second-order valence-corrected chi connectivity index (χ2v) is 6.31. The maximum Gasteiger partial charge on any atom is 0.265 e. The molecule has 0 fully saturated rings. The van der Waals surface area contributed by atoms with Crippen LogP contribution < -0.4 is 5.32 Å². The number of carbonyl (C=O) groups excluding carboxylic acids is 1. The van der Waals surface area contributed by atoms with Gasteiger partial charge in [0.2, 0.25) is 0 Å². The van der Waals surface area contributed by atoms with E-state index in [0.717, 1.165) is 10.1 Å². The zero-order valence-corrected chi connectivity index (χ0v) is 12.9. The molecule has 2 aromatic carbocycles. The molecule has 3 nitrogen and oxygen atoms in total. The van der Waals surface area contributed by atoms with Gasteiger partial charge in [-0.1, -0.05) is 41.4 Å². The van der Waals surface area contributed by atoms with E-state index in [-0.39, 0.29) is 22.4 Å². The normalized spacial score (nSPS) is 10.8. The first-order valence-corrected chi connectivity index (χ1v) is 7.60. The molecule has 0 saturated carbocycles. The summed E-state index contributed by atoms with van der Waals surface area (Å²) in [5.74, 6) is -0.514. The zero-order valence-electron chi connectivity index (χ0n) is 10.6. The van der Waals surface area contributed by atoms with Crippen molar-refractivity contribution in [1.29, 1.82) is 0 Å². The SMILES string of the molecule is O=C(Nc1cc(Cl)cc(Cl)c1O)c1cc2ccccc2s1. The predicted octanol–water partition coefficient (Wildman–Crippen LogP) is 5.17. The topological polar surface area (TPSA) is 49.3 Å². The molecule has 106 valence electrons. The highest BCUT2D eigenvalue weighted by atomic mass is 35.5. The number of rotatable bonds is 2. The smallest absolute Gasteiger partial charge is 0.265 e. The highest BCUT2D eigenvalue weighted by Gasteiger charge is 2.14. The van der Waals surface area contributed by atoms with E-state index in [1.807, 2.05) is 24.3 Å². The lowest BCUT2D eigenvalue weighted by molar-refractivity contribution is 0.103. The molecule has 0 unspecified atom stereocenters. The van der Waals surface area contributed by atoms with Gasteiger partial charge in [-0.2, -0.15) is 0 Å². The monoisotopic (exact) mass is 337 g/mol. The first-order valence-electron chi connectivity index (χ1n) is 6.02. The van der Waals surface area contributed by atoms with Gasteiger partial charge < -0.3 is 10.4 Å². The molecule has 0 bridgehead atoms. The van der Waals surface area contributed by atoms with Gasteiger partial charge in [0, 0.05) is 9.72 Å². The van der Waals surface area contributed by atoms with E-state index in [0.29, 0.717) is 9.90 Å². The number of thiophene rings is 1. The fourth-order valence-corrected chi connectivity index (χ4v) is 3.39. The molecule has 1 aromatic heterocycles. The first kappa shape index (κ1) is 14.2. The Morgan fingerprint density at radius 2 is 1.90 bits per heavy atom. The molecule has 0 atom stereocenters. The number of phenolic OH excluding ortho intramolecular Hbond substituents is 1. The Bertz CT molecular complexity index is 812. The van der Waals surface area contributed by atoms with Crippen molar-refractivity contribution in [3.8, 4) is 5.75 Å². The number of carbonyl (C=O) groups is 1. The number of hydrogen-bond acceptors (Lipinski definition) is 3. The number of amides is 1. The van der Waals surface area contributed by atoms with Gasteiger partial charge in [-0.05, 0) is 29.7 Å². The van der Waals surface area contributed by atoms with E-state index < -0.39 is 0 Å². The van der Waals surface area contributed by atoms with Crippen molar-refractivity contribution in [1.82, 2.24) is 0 Å². The second-order valence-electron chi connectivity index (χ2n) is 4.39. The maximum absolute atomic E-state index is 12.3. The van der Waals surface area contributed by atoms with Crippen LogP contribution in [0.4, 0.5) is 5.69 Å². The van der Waals surface area contributed by atoms with Crippen LogP contribution in [-0.4, -0.2) is 11.0 Å². The number of nitrogens with one attached hydrogen (secondary N) is 1. The third-order valence-corrected chi connectivity index (χ3v) is 4.55. The molecule has 1 amide bonds. The van der Waals surface area contributed by atoms with Gasteiger partial charge in [-0.25, -0.2) is 0 Å². The van der Waals surface area contributed by atoms with Gasteiger partial charge in [0.1, 0.15) is 0 Å². The maximum atomic E-state index is 12.3. The Balaban J connectivity index is 1.93. The van der Waals surface area contributed by atoms with Crippen molar-refractivity contribution in [3.63, 3.8) is 0 Å². The van der Waals surface area contributed by atoms with Crippen molar-refractivity contribution in [2.24, 2.45) is 0 Å². The van der Waals surface area contributed by atoms with Gasteiger partial charge in [0.05, 0.1) is 15.6 Å². The molecule has 0 aliphatic carbocycles. The quantitative estimate of drug-likeness (QED) is 0.634. The molecular formula is C15H9Cl2NO2S. The molecule has 0 spiro atoms. The molecule has 6 heteroatoms. The molecule has 3 aromatic rings. The summed E-state index contributed by atoms with van der Waals surface area (Å²) >= 11 is 13.1. The molecule has 3 rings (SSSR count). The largest absolute Gasteiger partial charge is 0.504 e. The second kappa shape index (κ2) is 5.56. The Labute approximate surface area is 134 Å². The lowest BCUT2D eigenvalue weighted by Crippen LogP contribution is -2.10. The number of fused-ring (bicyclic) bond motifs is 1. The molecule has 1 heterocycles. The highest BCUT2D eigenvalue weighted by molar-refractivity contribution is 7.20. The van der Waals surface area contributed by atoms with Crippen LogP contribution in [0.1, 0.15) is 9.67 Å². The summed E-state index contributed by atoms with van der Waals surface area (Å²) in [4.78, 5) is 12.8. The van der Waals surface area contributed by atoms with Crippen molar-refractivity contribution < 1.29 is 9.90 Å². The van der Waals surface area contributed by atoms with Gasteiger partial charge in [0.15, 0.2) is 5.75 Å². The average Bonchev–Trinajstić information content (AvgIpc) is 2.88. The summed E-state index contributed by atoms with van der Waals surface area (Å²) in [6.45, 7) is 0. The summed E-state index contributed by atoms with van der Waals surface area (Å²) in [6.07, 6.45) is 0. The Hall–Kier alpha value is -1.75. The third kappa shape index (κ3) is 2.83. The Morgan fingerprint density at radius 3 is 2.67 bits per heavy atom. The molecular weight excluding hydrogens is 329 g/mol. The van der Waals surface area contributed by atoms with E-state index in [2.05, 4.69) is 5.32 Å². The number of aromatic hydroxyl groups is 1. The molecule has 2 N–H and O–H groups in total. The van der Waals surface area contributed by atoms with Crippen molar-refractivity contribution in [3.05, 3.63) is 57.4 Å². The molecule has 21 heavy (non-hydrogen) atoms. The number of benzene rings is 2. The highest BCUT2D eigenvalue weighted by Crippen LogP contribution is 2.35. The first-order chi connectivity index (χ1) is 10.0. The third-order valence-electron chi connectivity index (χ3n) is 2.93. The van der Waals surface area contributed by atoms with Crippen LogP contribution in [0.3, 0.4) is 0 Å². The number of phenols is 1. The zero-order chi connectivity index (χ0) is 15.0. The number of anilines is 1. The van der Waals surface area contributed by atoms with Gasteiger partial charge in [-0.15, -0.1) is 11.3 Å². The molecule has 0 radical (unpaired) electrons. The van der Waals surface area contributed by atoms with Gasteiger partial charge in [-0.3, -0.25) is 4.79 Å². The minimum absolute atomic E-state index is 0.0918. The standard InChI is InChI=1S/C15H9Cl2NO2S/c16-9-6-10(17)14(19)11(7-9)18-15(20)13-5-8-3-1-2-4-12(8)21-13/h1-7,19H,(H,18,20). The summed E-state index contributed by atoms with van der Waals surface area (Å²) in [5, 5.41) is 13.9. The van der Waals surface area contributed by atoms with Gasteiger partial charge >= 0.3 is 0 Å². The van der Waals surface area contributed by atoms with Gasteiger partial charge in [0.25, 0.3) is 5.91 Å². The van der Waals surface area contributed by atoms with Crippen molar-refractivity contribution in [2.45, 2.75) is 0 Å². The van der Waals surface area contributed by atoms with Crippen LogP contribution >= 0.6 is 34.5 Å². The lowest BCUT2D eigenvalue weighted by atomic mass is 10.2. The molecule has 0 saturated heterocycles. The van der Waals surface area contributed by atoms with Crippen molar-refractivity contribution >= 4 is 56.2 Å². The summed E-state index contributed by atoms with van der Waals surface area (Å²) in [6, 6.07) is 12.4. The van der Waals surface area contributed by atoms with Crippen LogP contribution in [0.5, 0.6) is 5.75 Å². The van der Waals surface area contributed by atoms with Crippen molar-refractivity contribution in [2.75, 3.05) is 5.32 Å². The summed E-state index contributed by atoms with van der Waals surface area (Å²) in [7, 11) is 0. The van der Waals surface area contributed by atoms with E-state index in [9.17, 15) is 9.90 Å². The molecule has 0 aliphatic rings. The van der Waals surface area contributed by atoms with Crippen LogP contribution in [0.25, 0.3) is 10.1 Å². The number of halogens is 2. The van der Waals surface area contributed by atoms with E-state index in [1.165, 1.54) is 23.5 Å². The van der Waals surface area contributed by atoms with E-state index >= 15 is 0 Å². The van der Waals surface area contributed by atoms with Crippen LogP contribution in [0.15, 0.2) is 42.5 Å².